The molecule has 2 saturated heterocycles. The minimum atomic E-state index is -0.103. The Kier molecular flexibility index (Phi) is 9.00. The molecule has 2 aliphatic heterocycles. The van der Waals surface area contributed by atoms with Gasteiger partial charge in [0, 0.05) is 72.0 Å². The van der Waals surface area contributed by atoms with Crippen molar-refractivity contribution in [2.24, 2.45) is 5.92 Å². The Morgan fingerprint density at radius 2 is 1.40 bits per heavy atom. The van der Waals surface area contributed by atoms with E-state index in [1.54, 1.807) is 24.3 Å². The Morgan fingerprint density at radius 1 is 0.800 bits per heavy atom. The Labute approximate surface area is 245 Å². The number of carbonyl (C=O) groups is 2. The minimum Gasteiger partial charge on any atom is -0.339 e. The van der Waals surface area contributed by atoms with E-state index in [0.717, 1.165) is 17.8 Å². The maximum absolute atomic E-state index is 13.9. The molecule has 0 aliphatic carbocycles. The summed E-state index contributed by atoms with van der Waals surface area (Å²) in [6.07, 6.45) is 3.53. The maximum Gasteiger partial charge on any atom is 0.261 e. The minimum absolute atomic E-state index is 0.0188. The largest absolute Gasteiger partial charge is 0.339 e. The summed E-state index contributed by atoms with van der Waals surface area (Å²) < 4.78 is 0. The van der Waals surface area contributed by atoms with Crippen molar-refractivity contribution in [3.8, 4) is 0 Å². The molecule has 0 spiro atoms. The van der Waals surface area contributed by atoms with Crippen LogP contribution in [-0.2, 0) is 4.79 Å². The normalized spacial score (nSPS) is 18.4. The summed E-state index contributed by atoms with van der Waals surface area (Å²) >= 11 is 12.1. The fourth-order valence-electron chi connectivity index (χ4n) is 5.70. The number of nitrogens with one attached hydrogen (secondary N) is 1. The van der Waals surface area contributed by atoms with Crippen molar-refractivity contribution in [2.75, 3.05) is 26.2 Å². The van der Waals surface area contributed by atoms with Crippen LogP contribution in [0, 0.1) is 11.3 Å². The molecular formula is C32H33Cl2N4O2+. The molecule has 3 N–H and O–H groups in total. The van der Waals surface area contributed by atoms with E-state index in [1.807, 2.05) is 57.6 Å². The van der Waals surface area contributed by atoms with Crippen LogP contribution in [0.2, 0.25) is 10.0 Å². The fraction of sp³-hybridized carbons (Fsp3) is 0.281. The number of amides is 2. The van der Waals surface area contributed by atoms with Crippen LogP contribution in [-0.4, -0.2) is 54.0 Å². The van der Waals surface area contributed by atoms with Crippen molar-refractivity contribution in [1.82, 2.24) is 9.80 Å². The van der Waals surface area contributed by atoms with Crippen molar-refractivity contribution in [2.45, 2.75) is 25.2 Å². The lowest BCUT2D eigenvalue weighted by atomic mass is 9.89. The number of hydrogen-bond donors (Lipinski definition) is 2. The van der Waals surface area contributed by atoms with Crippen LogP contribution >= 0.6 is 23.2 Å². The van der Waals surface area contributed by atoms with E-state index < -0.39 is 0 Å². The SMILES string of the molecule is N=C/C(C(=O)N1CC[C@H](c2ccccc2)C1)=C(\[NH2+]c1ccc(Cl)cc1)C1CCN(C(=O)c2ccc(Cl)cc2)CC1. The molecule has 5 rings (SSSR count). The lowest BCUT2D eigenvalue weighted by Crippen LogP contribution is -2.78. The van der Waals surface area contributed by atoms with Crippen molar-refractivity contribution in [3.05, 3.63) is 111 Å². The smallest absolute Gasteiger partial charge is 0.261 e. The highest BCUT2D eigenvalue weighted by Gasteiger charge is 2.35. The first-order valence-electron chi connectivity index (χ1n) is 13.7. The third-order valence-corrected chi connectivity index (χ3v) is 8.44. The number of nitrogens with zero attached hydrogens (tertiary/aromatic N) is 2. The van der Waals surface area contributed by atoms with Gasteiger partial charge in [0.1, 0.15) is 17.0 Å². The molecule has 0 saturated carbocycles. The van der Waals surface area contributed by atoms with Gasteiger partial charge in [-0.05, 0) is 61.2 Å². The van der Waals surface area contributed by atoms with E-state index in [0.29, 0.717) is 66.1 Å². The summed E-state index contributed by atoms with van der Waals surface area (Å²) in [4.78, 5) is 30.7. The molecule has 2 aliphatic rings. The van der Waals surface area contributed by atoms with Crippen LogP contribution in [0.4, 0.5) is 5.69 Å². The number of piperidine rings is 1. The standard InChI is InChI=1S/C32H32Cl2N4O2/c33-26-8-6-24(7-9-26)31(39)37-17-14-23(15-18-37)30(36-28-12-10-27(34)11-13-28)29(20-35)32(40)38-19-16-25(21-38)22-4-2-1-3-5-22/h1-13,20,23,25,35-36H,14-19,21H2/p+1/b30-29+,35-20?/t25-/m0/s1. The van der Waals surface area contributed by atoms with Crippen LogP contribution in [0.15, 0.2) is 90.1 Å². The van der Waals surface area contributed by atoms with E-state index in [9.17, 15) is 9.59 Å². The van der Waals surface area contributed by atoms with Crippen molar-refractivity contribution < 1.29 is 14.9 Å². The Balaban J connectivity index is 1.37. The molecule has 40 heavy (non-hydrogen) atoms. The zero-order valence-electron chi connectivity index (χ0n) is 22.2. The predicted molar refractivity (Wildman–Crippen MR) is 159 cm³/mol. The molecule has 3 aromatic carbocycles. The lowest BCUT2D eigenvalue weighted by Gasteiger charge is -2.32. The van der Waals surface area contributed by atoms with Gasteiger partial charge in [-0.1, -0.05) is 53.5 Å². The van der Waals surface area contributed by atoms with Gasteiger partial charge in [0.2, 0.25) is 0 Å². The summed E-state index contributed by atoms with van der Waals surface area (Å²) in [5, 5.41) is 11.6. The van der Waals surface area contributed by atoms with E-state index >= 15 is 0 Å². The van der Waals surface area contributed by atoms with Gasteiger partial charge in [0.05, 0.1) is 0 Å². The Bertz CT molecular complexity index is 1380. The number of quaternary nitrogens is 1. The third-order valence-electron chi connectivity index (χ3n) is 7.94. The molecule has 6 nitrogen and oxygen atoms in total. The first-order chi connectivity index (χ1) is 19.4. The predicted octanol–water partition coefficient (Wildman–Crippen LogP) is 5.66. The molecule has 0 radical (unpaired) electrons. The lowest BCUT2D eigenvalue weighted by molar-refractivity contribution is -0.526. The number of rotatable bonds is 7. The summed E-state index contributed by atoms with van der Waals surface area (Å²) in [6.45, 7) is 2.45. The quantitative estimate of drug-likeness (QED) is 0.216. The average molecular weight is 577 g/mol. The zero-order chi connectivity index (χ0) is 28.1. The molecular weight excluding hydrogens is 543 g/mol. The van der Waals surface area contributed by atoms with Crippen LogP contribution in [0.3, 0.4) is 0 Å². The number of hydrogen-bond acceptors (Lipinski definition) is 3. The summed E-state index contributed by atoms with van der Waals surface area (Å²) in [5.41, 5.74) is 4.05. The molecule has 2 amide bonds. The van der Waals surface area contributed by atoms with Crippen molar-refractivity contribution in [1.29, 1.82) is 5.41 Å². The second-order valence-corrected chi connectivity index (χ2v) is 11.3. The van der Waals surface area contributed by atoms with Gasteiger partial charge < -0.3 is 15.2 Å². The first-order valence-corrected chi connectivity index (χ1v) is 14.4. The van der Waals surface area contributed by atoms with Crippen molar-refractivity contribution in [3.63, 3.8) is 0 Å². The van der Waals surface area contributed by atoms with E-state index in [4.69, 9.17) is 28.6 Å². The van der Waals surface area contributed by atoms with Gasteiger partial charge in [-0.15, -0.1) is 0 Å². The summed E-state index contributed by atoms with van der Waals surface area (Å²) in [5.74, 6) is 0.212. The topological polar surface area (TPSA) is 81.1 Å². The van der Waals surface area contributed by atoms with Gasteiger partial charge in [0.25, 0.3) is 11.8 Å². The molecule has 0 aromatic heterocycles. The molecule has 206 valence electrons. The third kappa shape index (κ3) is 6.47. The second-order valence-electron chi connectivity index (χ2n) is 10.4. The Hall–Kier alpha value is -3.45. The maximum atomic E-state index is 13.9. The number of nitrogens with two attached hydrogens (primary N) is 1. The van der Waals surface area contributed by atoms with Gasteiger partial charge in [-0.3, -0.25) is 14.9 Å². The first kappa shape index (κ1) is 28.1. The van der Waals surface area contributed by atoms with E-state index in [1.165, 1.54) is 11.8 Å². The molecule has 2 heterocycles. The highest BCUT2D eigenvalue weighted by Crippen LogP contribution is 2.30. The second kappa shape index (κ2) is 12.8. The molecule has 3 aromatic rings. The highest BCUT2D eigenvalue weighted by molar-refractivity contribution is 6.30. The van der Waals surface area contributed by atoms with Gasteiger partial charge >= 0.3 is 0 Å². The molecule has 0 bridgehead atoms. The number of benzene rings is 3. The Morgan fingerprint density at radius 3 is 2.02 bits per heavy atom. The van der Waals surface area contributed by atoms with Crippen LogP contribution in [0.25, 0.3) is 0 Å². The molecule has 0 unspecified atom stereocenters. The van der Waals surface area contributed by atoms with Crippen LogP contribution in [0.5, 0.6) is 0 Å². The fourth-order valence-corrected chi connectivity index (χ4v) is 5.96. The summed E-state index contributed by atoms with van der Waals surface area (Å²) in [7, 11) is 0. The van der Waals surface area contributed by atoms with Crippen molar-refractivity contribution >= 4 is 46.9 Å². The molecule has 2 fully saturated rings. The van der Waals surface area contributed by atoms with Gasteiger partial charge in [-0.2, -0.15) is 0 Å². The van der Waals surface area contributed by atoms with E-state index in [2.05, 4.69) is 12.1 Å². The number of halogens is 2. The monoisotopic (exact) mass is 575 g/mol. The number of likely N-dealkylation sites (tertiary alicyclic amines) is 2. The molecule has 1 atom stereocenters. The van der Waals surface area contributed by atoms with Crippen LogP contribution < -0.4 is 5.32 Å². The number of carbonyl (C=O) groups excluding carboxylic acids is 2. The zero-order valence-corrected chi connectivity index (χ0v) is 23.7. The van der Waals surface area contributed by atoms with Crippen LogP contribution in [0.1, 0.15) is 41.1 Å². The summed E-state index contributed by atoms with van der Waals surface area (Å²) in [6, 6.07) is 24.8. The van der Waals surface area contributed by atoms with E-state index in [-0.39, 0.29) is 17.7 Å². The highest BCUT2D eigenvalue weighted by atomic mass is 35.5. The number of allylic oxidation sites excluding steroid dienone is 1. The van der Waals surface area contributed by atoms with Gasteiger partial charge in [-0.25, -0.2) is 0 Å². The van der Waals surface area contributed by atoms with Gasteiger partial charge in [0.15, 0.2) is 0 Å². The molecule has 8 heteroatoms. The average Bonchev–Trinajstić information content (AvgIpc) is 3.49.